The average Bonchev–Trinajstić information content (AvgIpc) is 2.70. The molecule has 5 heteroatoms. The predicted molar refractivity (Wildman–Crippen MR) is 57.6 cm³/mol. The Morgan fingerprint density at radius 2 is 2.25 bits per heavy atom. The van der Waals surface area contributed by atoms with Crippen LogP contribution < -0.4 is 0 Å². The van der Waals surface area contributed by atoms with Crippen molar-refractivity contribution in [3.63, 3.8) is 0 Å². The molecule has 0 saturated carbocycles. The van der Waals surface area contributed by atoms with E-state index in [9.17, 15) is 4.79 Å². The van der Waals surface area contributed by atoms with Crippen molar-refractivity contribution in [3.8, 4) is 0 Å². The normalized spacial score (nSPS) is 12.9. The molecule has 0 bridgehead atoms. The summed E-state index contributed by atoms with van der Waals surface area (Å²) in [7, 11) is 1.63. The summed E-state index contributed by atoms with van der Waals surface area (Å²) in [6.45, 7) is 1.93. The topological polar surface area (TPSA) is 63.8 Å². The van der Waals surface area contributed by atoms with Crippen LogP contribution in [0.15, 0.2) is 24.5 Å². The predicted octanol–water partition coefficient (Wildman–Crippen LogP) is 1.74. The van der Waals surface area contributed by atoms with Gasteiger partial charge in [-0.2, -0.15) is 0 Å². The summed E-state index contributed by atoms with van der Waals surface area (Å²) in [4.78, 5) is 14.7. The van der Waals surface area contributed by atoms with Crippen LogP contribution in [-0.2, 0) is 4.74 Å². The third-order valence-electron chi connectivity index (χ3n) is 2.52. The zero-order chi connectivity index (χ0) is 11.7. The Labute approximate surface area is 92.3 Å². The van der Waals surface area contributed by atoms with Gasteiger partial charge >= 0.3 is 5.97 Å². The van der Waals surface area contributed by atoms with E-state index in [2.05, 4.69) is 4.98 Å². The van der Waals surface area contributed by atoms with Gasteiger partial charge in [-0.15, -0.1) is 0 Å². The Hall–Kier alpha value is -1.88. The molecule has 0 spiro atoms. The van der Waals surface area contributed by atoms with E-state index in [1.165, 1.54) is 6.20 Å². The van der Waals surface area contributed by atoms with Crippen LogP contribution >= 0.6 is 0 Å². The smallest absolute Gasteiger partial charge is 0.356 e. The molecule has 0 aliphatic carbocycles. The molecular weight excluding hydrogens is 208 g/mol. The van der Waals surface area contributed by atoms with Crippen LogP contribution in [0.25, 0.3) is 5.65 Å². The fourth-order valence-corrected chi connectivity index (χ4v) is 1.49. The molecule has 0 aliphatic heterocycles. The minimum absolute atomic E-state index is 0.0277. The first kappa shape index (κ1) is 10.6. The lowest BCUT2D eigenvalue weighted by Gasteiger charge is -2.09. The molecule has 0 amide bonds. The van der Waals surface area contributed by atoms with Crippen molar-refractivity contribution in [2.45, 2.75) is 13.0 Å². The van der Waals surface area contributed by atoms with Crippen molar-refractivity contribution in [3.05, 3.63) is 35.8 Å². The minimum Gasteiger partial charge on any atom is -0.476 e. The zero-order valence-electron chi connectivity index (χ0n) is 9.04. The molecule has 0 aromatic carbocycles. The standard InChI is InChI=1S/C11H12N2O3/c1-7(16-2)8-3-4-10-12-9(11(14)15)6-13(10)5-8/h3-7H,1-2H3,(H,14,15)/t7-/m1/s1. The van der Waals surface area contributed by atoms with E-state index in [1.54, 1.807) is 17.6 Å². The fraction of sp³-hybridized carbons (Fsp3) is 0.273. The number of rotatable bonds is 3. The van der Waals surface area contributed by atoms with Crippen molar-refractivity contribution in [1.29, 1.82) is 0 Å². The van der Waals surface area contributed by atoms with Crippen molar-refractivity contribution < 1.29 is 14.6 Å². The Balaban J connectivity index is 2.49. The molecule has 1 N–H and O–H groups in total. The van der Waals surface area contributed by atoms with E-state index in [0.29, 0.717) is 5.65 Å². The van der Waals surface area contributed by atoms with Gasteiger partial charge in [-0.3, -0.25) is 0 Å². The monoisotopic (exact) mass is 220 g/mol. The van der Waals surface area contributed by atoms with Crippen molar-refractivity contribution >= 4 is 11.6 Å². The van der Waals surface area contributed by atoms with Crippen LogP contribution in [0.3, 0.4) is 0 Å². The van der Waals surface area contributed by atoms with Crippen LogP contribution in [0.5, 0.6) is 0 Å². The molecule has 0 saturated heterocycles. The van der Waals surface area contributed by atoms with E-state index in [1.807, 2.05) is 19.2 Å². The van der Waals surface area contributed by atoms with Crippen LogP contribution in [-0.4, -0.2) is 27.6 Å². The molecule has 5 nitrogen and oxygen atoms in total. The molecule has 84 valence electrons. The maximum atomic E-state index is 10.7. The van der Waals surface area contributed by atoms with Gasteiger partial charge in [0.1, 0.15) is 5.65 Å². The number of imidazole rings is 1. The van der Waals surface area contributed by atoms with Crippen LogP contribution in [0.1, 0.15) is 29.1 Å². The van der Waals surface area contributed by atoms with Gasteiger partial charge in [-0.05, 0) is 18.6 Å². The van der Waals surface area contributed by atoms with E-state index in [0.717, 1.165) is 5.56 Å². The van der Waals surface area contributed by atoms with E-state index >= 15 is 0 Å². The number of pyridine rings is 1. The summed E-state index contributed by atoms with van der Waals surface area (Å²) >= 11 is 0. The van der Waals surface area contributed by atoms with Crippen LogP contribution in [0, 0.1) is 0 Å². The molecule has 2 rings (SSSR count). The molecular formula is C11H12N2O3. The quantitative estimate of drug-likeness (QED) is 0.855. The van der Waals surface area contributed by atoms with Crippen molar-refractivity contribution in [2.24, 2.45) is 0 Å². The van der Waals surface area contributed by atoms with Gasteiger partial charge in [0.05, 0.1) is 6.10 Å². The number of ether oxygens (including phenoxy) is 1. The van der Waals surface area contributed by atoms with Crippen molar-refractivity contribution in [1.82, 2.24) is 9.38 Å². The molecule has 2 aromatic heterocycles. The summed E-state index contributed by atoms with van der Waals surface area (Å²) in [6.07, 6.45) is 3.28. The average molecular weight is 220 g/mol. The summed E-state index contributed by atoms with van der Waals surface area (Å²) in [5, 5.41) is 8.81. The number of aromatic carboxylic acids is 1. The highest BCUT2D eigenvalue weighted by Gasteiger charge is 2.10. The minimum atomic E-state index is -1.02. The molecule has 0 fully saturated rings. The number of hydrogen-bond acceptors (Lipinski definition) is 3. The summed E-state index contributed by atoms with van der Waals surface area (Å²) in [6, 6.07) is 3.65. The first-order chi connectivity index (χ1) is 7.61. The number of carboxylic acids is 1. The Morgan fingerprint density at radius 1 is 1.50 bits per heavy atom. The lowest BCUT2D eigenvalue weighted by Crippen LogP contribution is -1.97. The maximum Gasteiger partial charge on any atom is 0.356 e. The molecule has 0 radical (unpaired) electrons. The Morgan fingerprint density at radius 3 is 2.88 bits per heavy atom. The first-order valence-electron chi connectivity index (χ1n) is 4.86. The summed E-state index contributed by atoms with van der Waals surface area (Å²) in [5.74, 6) is -1.02. The van der Waals surface area contributed by atoms with Crippen molar-refractivity contribution in [2.75, 3.05) is 7.11 Å². The highest BCUT2D eigenvalue weighted by Crippen LogP contribution is 2.16. The number of hydrogen-bond donors (Lipinski definition) is 1. The molecule has 2 aromatic rings. The van der Waals surface area contributed by atoms with Crippen LogP contribution in [0.4, 0.5) is 0 Å². The number of nitrogens with zero attached hydrogens (tertiary/aromatic N) is 2. The number of fused-ring (bicyclic) bond motifs is 1. The lowest BCUT2D eigenvalue weighted by atomic mass is 10.2. The molecule has 16 heavy (non-hydrogen) atoms. The zero-order valence-corrected chi connectivity index (χ0v) is 9.04. The molecule has 0 unspecified atom stereocenters. The van der Waals surface area contributed by atoms with Gasteiger partial charge in [0.2, 0.25) is 0 Å². The highest BCUT2D eigenvalue weighted by molar-refractivity contribution is 5.86. The van der Waals surface area contributed by atoms with E-state index < -0.39 is 5.97 Å². The highest BCUT2D eigenvalue weighted by atomic mass is 16.5. The Kier molecular flexibility index (Phi) is 2.62. The molecule has 1 atom stereocenters. The molecule has 0 aliphatic rings. The van der Waals surface area contributed by atoms with Gasteiger partial charge in [0.25, 0.3) is 0 Å². The van der Waals surface area contributed by atoms with E-state index in [4.69, 9.17) is 9.84 Å². The first-order valence-corrected chi connectivity index (χ1v) is 4.86. The van der Waals surface area contributed by atoms with Gasteiger partial charge in [-0.25, -0.2) is 9.78 Å². The van der Waals surface area contributed by atoms with Gasteiger partial charge in [0.15, 0.2) is 5.69 Å². The number of methoxy groups -OCH3 is 1. The number of carboxylic acid groups (broad SMARTS) is 1. The lowest BCUT2D eigenvalue weighted by molar-refractivity contribution is 0.0691. The second kappa shape index (κ2) is 3.94. The van der Waals surface area contributed by atoms with Gasteiger partial charge < -0.3 is 14.2 Å². The fourth-order valence-electron chi connectivity index (χ4n) is 1.49. The number of carbonyl (C=O) groups is 1. The third-order valence-corrected chi connectivity index (χ3v) is 2.52. The van der Waals surface area contributed by atoms with E-state index in [-0.39, 0.29) is 11.8 Å². The summed E-state index contributed by atoms with van der Waals surface area (Å²) in [5.41, 5.74) is 1.64. The Bertz CT molecular complexity index is 533. The summed E-state index contributed by atoms with van der Waals surface area (Å²) < 4.78 is 6.88. The number of aromatic nitrogens is 2. The largest absolute Gasteiger partial charge is 0.476 e. The van der Waals surface area contributed by atoms with Crippen LogP contribution in [0.2, 0.25) is 0 Å². The van der Waals surface area contributed by atoms with Gasteiger partial charge in [-0.1, -0.05) is 6.07 Å². The maximum absolute atomic E-state index is 10.7. The van der Waals surface area contributed by atoms with Gasteiger partial charge in [0, 0.05) is 19.5 Å². The third kappa shape index (κ3) is 1.77. The second-order valence-corrected chi connectivity index (χ2v) is 3.54. The molecule has 2 heterocycles. The SMILES string of the molecule is CO[C@H](C)c1ccc2nc(C(=O)O)cn2c1. The second-order valence-electron chi connectivity index (χ2n) is 3.54.